The molecule has 1 heterocycles. The largest absolute Gasteiger partial charge is 0.311 e. The zero-order valence-corrected chi connectivity index (χ0v) is 27.7. The summed E-state index contributed by atoms with van der Waals surface area (Å²) in [7, 11) is 0. The van der Waals surface area contributed by atoms with Gasteiger partial charge >= 0.3 is 0 Å². The van der Waals surface area contributed by atoms with E-state index in [0.29, 0.717) is 0 Å². The maximum atomic E-state index is 2.46. The molecular weight excluding hydrogens is 593 g/mol. The van der Waals surface area contributed by atoms with Crippen LogP contribution in [0.3, 0.4) is 0 Å². The number of fused-ring (bicyclic) bond motifs is 5. The fourth-order valence-electron chi connectivity index (χ4n) is 7.83. The minimum absolute atomic E-state index is 0.112. The van der Waals surface area contributed by atoms with Gasteiger partial charge in [0, 0.05) is 39.1 Å². The van der Waals surface area contributed by atoms with E-state index in [2.05, 4.69) is 205 Å². The lowest BCUT2D eigenvalue weighted by molar-refractivity contribution is 0.666. The molecule has 0 N–H and O–H groups in total. The highest BCUT2D eigenvalue weighted by atomic mass is 15.1. The van der Waals surface area contributed by atoms with Gasteiger partial charge < -0.3 is 9.47 Å². The van der Waals surface area contributed by atoms with Crippen molar-refractivity contribution in [1.82, 2.24) is 4.57 Å². The molecule has 0 saturated carbocycles. The Bertz CT molecular complexity index is 2420. The monoisotopic (exact) mass is 628 g/mol. The van der Waals surface area contributed by atoms with Crippen molar-refractivity contribution in [2.75, 3.05) is 4.90 Å². The maximum absolute atomic E-state index is 2.46. The summed E-state index contributed by atoms with van der Waals surface area (Å²) in [6.45, 7) is 4.75. The third-order valence-electron chi connectivity index (χ3n) is 10.2. The Balaban J connectivity index is 1.14. The van der Waals surface area contributed by atoms with Gasteiger partial charge in [0.25, 0.3) is 0 Å². The summed E-state index contributed by atoms with van der Waals surface area (Å²) in [5, 5.41) is 1.31. The molecule has 0 aliphatic heterocycles. The first-order chi connectivity index (χ1) is 24.1. The van der Waals surface area contributed by atoms with E-state index in [1.807, 2.05) is 0 Å². The predicted octanol–water partition coefficient (Wildman–Crippen LogP) is 12.7. The third-order valence-corrected chi connectivity index (χ3v) is 10.2. The van der Waals surface area contributed by atoms with Crippen LogP contribution in [0.4, 0.5) is 17.1 Å². The topological polar surface area (TPSA) is 8.17 Å². The molecule has 1 aliphatic rings. The molecule has 1 aromatic heterocycles. The van der Waals surface area contributed by atoms with Crippen LogP contribution in [0.5, 0.6) is 0 Å². The molecule has 9 rings (SSSR count). The first-order valence-electron chi connectivity index (χ1n) is 17.0. The summed E-state index contributed by atoms with van der Waals surface area (Å²) in [5.74, 6) is 0. The van der Waals surface area contributed by atoms with E-state index >= 15 is 0 Å². The fraction of sp³-hybridized carbons (Fsp3) is 0.0638. The smallest absolute Gasteiger partial charge is 0.0584 e. The Morgan fingerprint density at radius 2 is 0.939 bits per heavy atom. The predicted molar refractivity (Wildman–Crippen MR) is 206 cm³/mol. The summed E-state index contributed by atoms with van der Waals surface area (Å²) >= 11 is 0. The van der Waals surface area contributed by atoms with Crippen LogP contribution in [-0.4, -0.2) is 4.57 Å². The molecule has 0 bridgehead atoms. The molecule has 2 nitrogen and oxygen atoms in total. The average molecular weight is 629 g/mol. The Morgan fingerprint density at radius 1 is 0.449 bits per heavy atom. The Labute approximate surface area is 288 Å². The maximum Gasteiger partial charge on any atom is 0.0584 e. The highest BCUT2D eigenvalue weighted by Gasteiger charge is 2.40. The lowest BCUT2D eigenvalue weighted by Gasteiger charge is -2.26. The summed E-state index contributed by atoms with van der Waals surface area (Å²) < 4.78 is 2.46. The van der Waals surface area contributed by atoms with Gasteiger partial charge in [0.15, 0.2) is 0 Å². The van der Waals surface area contributed by atoms with Crippen molar-refractivity contribution < 1.29 is 0 Å². The highest BCUT2D eigenvalue weighted by molar-refractivity contribution is 6.01. The van der Waals surface area contributed by atoms with Crippen LogP contribution < -0.4 is 4.90 Å². The number of hydrogen-bond donors (Lipinski definition) is 0. The van der Waals surface area contributed by atoms with Crippen molar-refractivity contribution in [1.29, 1.82) is 0 Å². The van der Waals surface area contributed by atoms with Crippen molar-refractivity contribution >= 4 is 28.0 Å². The van der Waals surface area contributed by atoms with Crippen molar-refractivity contribution in [3.05, 3.63) is 193 Å². The lowest BCUT2D eigenvalue weighted by atomic mass is 9.81. The summed E-state index contributed by atoms with van der Waals surface area (Å²) in [6.07, 6.45) is 0. The molecule has 2 heteroatoms. The first kappa shape index (κ1) is 29.1. The molecule has 0 fully saturated rings. The van der Waals surface area contributed by atoms with E-state index in [1.54, 1.807) is 0 Å². The molecule has 0 saturated heterocycles. The van der Waals surface area contributed by atoms with Gasteiger partial charge in [0.1, 0.15) is 0 Å². The fourth-order valence-corrected chi connectivity index (χ4v) is 7.83. The van der Waals surface area contributed by atoms with Crippen molar-refractivity contribution in [3.63, 3.8) is 0 Å². The van der Waals surface area contributed by atoms with Crippen LogP contribution in [0.25, 0.3) is 50.1 Å². The van der Waals surface area contributed by atoms with Crippen LogP contribution in [0.2, 0.25) is 0 Å². The van der Waals surface area contributed by atoms with Gasteiger partial charge in [0.05, 0.1) is 11.2 Å². The molecule has 1 aliphatic carbocycles. The van der Waals surface area contributed by atoms with Gasteiger partial charge in [-0.2, -0.15) is 0 Å². The number of anilines is 3. The van der Waals surface area contributed by atoms with E-state index in [0.717, 1.165) is 17.1 Å². The molecule has 0 atom stereocenters. The molecule has 0 spiro atoms. The average Bonchev–Trinajstić information content (AvgIpc) is 3.63. The molecule has 234 valence electrons. The van der Waals surface area contributed by atoms with Crippen molar-refractivity contribution in [2.45, 2.75) is 19.3 Å². The van der Waals surface area contributed by atoms with Crippen LogP contribution >= 0.6 is 0 Å². The van der Waals surface area contributed by atoms with Gasteiger partial charge in [-0.3, -0.25) is 0 Å². The van der Waals surface area contributed by atoms with E-state index < -0.39 is 0 Å². The zero-order chi connectivity index (χ0) is 33.0. The summed E-state index contributed by atoms with van der Waals surface area (Å²) in [6, 6.07) is 65.8. The standard InChI is InChI=1S/C47H36N2/c1-47(2)43-21-13-12-20-41(43)46-45(47)42-32-36(26-31-44(42)49(46)38-18-10-5-11-19-38)35-24-29-40(30-25-35)48(37-16-8-4-9-17-37)39-27-22-34(23-28-39)33-14-6-3-7-15-33/h3-32H,1-2H3. The van der Waals surface area contributed by atoms with E-state index in [4.69, 9.17) is 0 Å². The van der Waals surface area contributed by atoms with E-state index in [9.17, 15) is 0 Å². The van der Waals surface area contributed by atoms with Crippen LogP contribution in [-0.2, 0) is 5.41 Å². The highest BCUT2D eigenvalue weighted by Crippen LogP contribution is 2.54. The van der Waals surface area contributed by atoms with Crippen molar-refractivity contribution in [2.24, 2.45) is 0 Å². The lowest BCUT2D eigenvalue weighted by Crippen LogP contribution is -2.14. The second-order valence-electron chi connectivity index (χ2n) is 13.4. The Kier molecular flexibility index (Phi) is 6.84. The second kappa shape index (κ2) is 11.5. The summed E-state index contributed by atoms with van der Waals surface area (Å²) in [5.41, 5.74) is 16.0. The molecular formula is C47H36N2. The first-order valence-corrected chi connectivity index (χ1v) is 17.0. The van der Waals surface area contributed by atoms with Crippen LogP contribution in [0.15, 0.2) is 182 Å². The zero-order valence-electron chi connectivity index (χ0n) is 27.7. The number of aromatic nitrogens is 1. The SMILES string of the molecule is CC1(C)c2ccccc2-c2c1c1cc(-c3ccc(N(c4ccccc4)c4ccc(-c5ccccc5)cc4)cc3)ccc1n2-c1ccccc1. The number of nitrogens with zero attached hydrogens (tertiary/aromatic N) is 2. The molecule has 0 radical (unpaired) electrons. The normalized spacial score (nSPS) is 12.9. The van der Waals surface area contributed by atoms with Gasteiger partial charge in [-0.1, -0.05) is 135 Å². The van der Waals surface area contributed by atoms with Gasteiger partial charge in [0.2, 0.25) is 0 Å². The number of para-hydroxylation sites is 2. The number of rotatable bonds is 6. The Hall–Kier alpha value is -6.12. The van der Waals surface area contributed by atoms with Gasteiger partial charge in [-0.05, 0) is 94.0 Å². The summed E-state index contributed by atoms with van der Waals surface area (Å²) in [4.78, 5) is 2.33. The van der Waals surface area contributed by atoms with Crippen LogP contribution in [0.1, 0.15) is 25.0 Å². The van der Waals surface area contributed by atoms with Crippen LogP contribution in [0, 0.1) is 0 Å². The quantitative estimate of drug-likeness (QED) is 0.178. The Morgan fingerprint density at radius 3 is 1.59 bits per heavy atom. The minimum atomic E-state index is -0.112. The molecule has 0 unspecified atom stereocenters. The second-order valence-corrected chi connectivity index (χ2v) is 13.4. The third kappa shape index (κ3) is 4.79. The minimum Gasteiger partial charge on any atom is -0.311 e. The van der Waals surface area contributed by atoms with E-state index in [1.165, 1.54) is 61.2 Å². The molecule has 0 amide bonds. The van der Waals surface area contributed by atoms with Gasteiger partial charge in [-0.25, -0.2) is 0 Å². The molecule has 49 heavy (non-hydrogen) atoms. The number of hydrogen-bond acceptors (Lipinski definition) is 1. The van der Waals surface area contributed by atoms with Crippen molar-refractivity contribution in [3.8, 4) is 39.2 Å². The molecule has 7 aromatic carbocycles. The van der Waals surface area contributed by atoms with E-state index in [-0.39, 0.29) is 5.41 Å². The van der Waals surface area contributed by atoms with Gasteiger partial charge in [-0.15, -0.1) is 0 Å². The number of benzene rings is 7. The molecule has 8 aromatic rings.